The zero-order chi connectivity index (χ0) is 18.3. The zero-order valence-electron chi connectivity index (χ0n) is 14.9. The standard InChI is InChI=1S/C19H23FN4O2/c1-22-15-12-24(11-10-23-8-4-5-9-23)18(25)16(15)17(21-19(22)26)13-6-2-3-7-14(13)20/h2-3,6-7,17H,4-5,8-12H2,1H3,(H,21,26). The maximum atomic E-state index is 14.3. The number of urea groups is 1. The van der Waals surface area contributed by atoms with Crippen LogP contribution in [0.4, 0.5) is 9.18 Å². The minimum absolute atomic E-state index is 0.112. The summed E-state index contributed by atoms with van der Waals surface area (Å²) in [7, 11) is 1.65. The summed E-state index contributed by atoms with van der Waals surface area (Å²) in [5, 5.41) is 2.77. The number of hydrogen-bond acceptors (Lipinski definition) is 3. The van der Waals surface area contributed by atoms with Crippen LogP contribution >= 0.6 is 0 Å². The molecule has 7 heteroatoms. The Kier molecular flexibility index (Phi) is 4.40. The lowest BCUT2D eigenvalue weighted by molar-refractivity contribution is -0.126. The number of halogens is 1. The van der Waals surface area contributed by atoms with Gasteiger partial charge >= 0.3 is 6.03 Å². The van der Waals surface area contributed by atoms with Crippen LogP contribution in [0.2, 0.25) is 0 Å². The van der Waals surface area contributed by atoms with Crippen molar-refractivity contribution < 1.29 is 14.0 Å². The Morgan fingerprint density at radius 2 is 1.88 bits per heavy atom. The molecule has 4 rings (SSSR count). The molecule has 26 heavy (non-hydrogen) atoms. The van der Waals surface area contributed by atoms with Gasteiger partial charge in [0.05, 0.1) is 23.9 Å². The molecule has 1 N–H and O–H groups in total. The molecule has 3 aliphatic rings. The van der Waals surface area contributed by atoms with E-state index >= 15 is 0 Å². The number of rotatable bonds is 4. The lowest BCUT2D eigenvalue weighted by Gasteiger charge is -2.31. The molecule has 6 nitrogen and oxygen atoms in total. The van der Waals surface area contributed by atoms with E-state index in [9.17, 15) is 14.0 Å². The Morgan fingerprint density at radius 1 is 1.15 bits per heavy atom. The number of benzene rings is 1. The molecular weight excluding hydrogens is 335 g/mol. The van der Waals surface area contributed by atoms with Crippen molar-refractivity contribution in [1.29, 1.82) is 0 Å². The van der Waals surface area contributed by atoms with Crippen molar-refractivity contribution >= 4 is 11.9 Å². The second kappa shape index (κ2) is 6.72. The molecule has 1 aromatic carbocycles. The van der Waals surface area contributed by atoms with Crippen LogP contribution < -0.4 is 5.32 Å². The summed E-state index contributed by atoms with van der Waals surface area (Å²) in [5.74, 6) is -0.531. The summed E-state index contributed by atoms with van der Waals surface area (Å²) < 4.78 is 14.3. The second-order valence-electron chi connectivity index (χ2n) is 7.10. The van der Waals surface area contributed by atoms with Crippen molar-refractivity contribution in [3.63, 3.8) is 0 Å². The molecule has 0 saturated carbocycles. The van der Waals surface area contributed by atoms with Crippen LogP contribution in [0, 0.1) is 5.82 Å². The molecule has 0 aromatic heterocycles. The van der Waals surface area contributed by atoms with Crippen molar-refractivity contribution in [2.24, 2.45) is 0 Å². The molecule has 3 amide bonds. The summed E-state index contributed by atoms with van der Waals surface area (Å²) in [6.07, 6.45) is 2.42. The highest BCUT2D eigenvalue weighted by Crippen LogP contribution is 2.36. The van der Waals surface area contributed by atoms with Crippen molar-refractivity contribution in [1.82, 2.24) is 20.0 Å². The largest absolute Gasteiger partial charge is 0.332 e. The van der Waals surface area contributed by atoms with E-state index in [2.05, 4.69) is 10.2 Å². The number of amides is 3. The van der Waals surface area contributed by atoms with Crippen LogP contribution in [0.3, 0.4) is 0 Å². The molecule has 1 aromatic rings. The van der Waals surface area contributed by atoms with E-state index in [1.165, 1.54) is 23.8 Å². The lowest BCUT2D eigenvalue weighted by Crippen LogP contribution is -2.45. The Morgan fingerprint density at radius 3 is 2.62 bits per heavy atom. The van der Waals surface area contributed by atoms with Gasteiger partial charge in [-0.3, -0.25) is 9.69 Å². The van der Waals surface area contributed by atoms with Crippen LogP contribution in [0.25, 0.3) is 0 Å². The Labute approximate surface area is 152 Å². The first-order chi connectivity index (χ1) is 12.6. The first-order valence-electron chi connectivity index (χ1n) is 9.09. The number of carbonyl (C=O) groups excluding carboxylic acids is 2. The Balaban J connectivity index is 1.59. The van der Waals surface area contributed by atoms with E-state index in [1.807, 2.05) is 0 Å². The van der Waals surface area contributed by atoms with E-state index in [1.54, 1.807) is 30.1 Å². The minimum Gasteiger partial charge on any atom is -0.332 e. The van der Waals surface area contributed by atoms with Crippen molar-refractivity contribution in [3.8, 4) is 0 Å². The maximum Gasteiger partial charge on any atom is 0.322 e. The fourth-order valence-electron chi connectivity index (χ4n) is 4.01. The quantitative estimate of drug-likeness (QED) is 0.892. The molecule has 1 atom stereocenters. The molecule has 0 radical (unpaired) electrons. The summed E-state index contributed by atoms with van der Waals surface area (Å²) >= 11 is 0. The predicted molar refractivity (Wildman–Crippen MR) is 94.7 cm³/mol. The fourth-order valence-corrected chi connectivity index (χ4v) is 4.01. The van der Waals surface area contributed by atoms with Crippen LogP contribution in [-0.2, 0) is 4.79 Å². The third-order valence-electron chi connectivity index (χ3n) is 5.54. The minimum atomic E-state index is -0.737. The fraction of sp³-hybridized carbons (Fsp3) is 0.474. The van der Waals surface area contributed by atoms with Crippen molar-refractivity contribution in [2.45, 2.75) is 18.9 Å². The van der Waals surface area contributed by atoms with Crippen LogP contribution in [0.5, 0.6) is 0 Å². The monoisotopic (exact) mass is 358 g/mol. The first kappa shape index (κ1) is 17.0. The van der Waals surface area contributed by atoms with Gasteiger partial charge in [-0.15, -0.1) is 0 Å². The average molecular weight is 358 g/mol. The van der Waals surface area contributed by atoms with Crippen LogP contribution in [0.15, 0.2) is 35.5 Å². The molecule has 138 valence electrons. The van der Waals surface area contributed by atoms with E-state index in [4.69, 9.17) is 0 Å². The molecule has 0 bridgehead atoms. The van der Waals surface area contributed by atoms with E-state index in [0.717, 1.165) is 19.6 Å². The number of likely N-dealkylation sites (tertiary alicyclic amines) is 1. The molecule has 1 unspecified atom stereocenters. The van der Waals surface area contributed by atoms with Gasteiger partial charge in [0, 0.05) is 25.7 Å². The summed E-state index contributed by atoms with van der Waals surface area (Å²) in [6, 6.07) is 5.24. The lowest BCUT2D eigenvalue weighted by atomic mass is 9.95. The third kappa shape index (κ3) is 2.86. The zero-order valence-corrected chi connectivity index (χ0v) is 14.9. The summed E-state index contributed by atoms with van der Waals surface area (Å²) in [5.41, 5.74) is 1.49. The molecule has 0 spiro atoms. The maximum absolute atomic E-state index is 14.3. The number of carbonyl (C=O) groups is 2. The van der Waals surface area contributed by atoms with Crippen LogP contribution in [0.1, 0.15) is 24.4 Å². The smallest absolute Gasteiger partial charge is 0.322 e. The molecule has 3 aliphatic heterocycles. The van der Waals surface area contributed by atoms with Crippen molar-refractivity contribution in [3.05, 3.63) is 46.9 Å². The number of nitrogens with zero attached hydrogens (tertiary/aromatic N) is 3. The normalized spacial score (nSPS) is 23.7. The Hall–Kier alpha value is -2.41. The van der Waals surface area contributed by atoms with E-state index < -0.39 is 11.9 Å². The first-order valence-corrected chi connectivity index (χ1v) is 9.09. The van der Waals surface area contributed by atoms with E-state index in [0.29, 0.717) is 29.9 Å². The highest BCUT2D eigenvalue weighted by atomic mass is 19.1. The van der Waals surface area contributed by atoms with Gasteiger partial charge in [0.2, 0.25) is 0 Å². The second-order valence-corrected chi connectivity index (χ2v) is 7.10. The predicted octanol–water partition coefficient (Wildman–Crippen LogP) is 1.71. The molecule has 1 fully saturated rings. The van der Waals surface area contributed by atoms with Gasteiger partial charge in [0.1, 0.15) is 5.82 Å². The van der Waals surface area contributed by atoms with Crippen molar-refractivity contribution in [2.75, 3.05) is 39.8 Å². The van der Waals surface area contributed by atoms with E-state index in [-0.39, 0.29) is 11.9 Å². The highest BCUT2D eigenvalue weighted by Gasteiger charge is 2.43. The van der Waals surface area contributed by atoms with Gasteiger partial charge in [-0.25, -0.2) is 9.18 Å². The highest BCUT2D eigenvalue weighted by molar-refractivity contribution is 6.01. The summed E-state index contributed by atoms with van der Waals surface area (Å²) in [6.45, 7) is 4.01. The van der Waals surface area contributed by atoms with Crippen LogP contribution in [-0.4, -0.2) is 66.4 Å². The third-order valence-corrected chi connectivity index (χ3v) is 5.54. The number of likely N-dealkylation sites (N-methyl/N-ethyl adjacent to an activating group) is 1. The topological polar surface area (TPSA) is 55.9 Å². The number of nitrogens with one attached hydrogen (secondary N) is 1. The SMILES string of the molecule is CN1C(=O)NC(c2ccccc2F)C2=C1CN(CCN1CCCC1)C2=O. The number of hydrogen-bond donors (Lipinski definition) is 1. The van der Waals surface area contributed by atoms with Gasteiger partial charge in [0.15, 0.2) is 0 Å². The van der Waals surface area contributed by atoms with Gasteiger partial charge in [-0.1, -0.05) is 18.2 Å². The summed E-state index contributed by atoms with van der Waals surface area (Å²) in [4.78, 5) is 31.0. The van der Waals surface area contributed by atoms with Gasteiger partial charge < -0.3 is 15.1 Å². The molecule has 1 saturated heterocycles. The average Bonchev–Trinajstić information content (AvgIpc) is 3.25. The molecule has 0 aliphatic carbocycles. The van der Waals surface area contributed by atoms with Gasteiger partial charge in [-0.05, 0) is 32.0 Å². The molecule has 3 heterocycles. The molecular formula is C19H23FN4O2. The van der Waals surface area contributed by atoms with Gasteiger partial charge in [0.25, 0.3) is 5.91 Å². The Bertz CT molecular complexity index is 773. The van der Waals surface area contributed by atoms with Gasteiger partial charge in [-0.2, -0.15) is 0 Å².